The van der Waals surface area contributed by atoms with Gasteiger partial charge in [-0.2, -0.15) is 0 Å². The number of amides is 1. The van der Waals surface area contributed by atoms with Crippen LogP contribution in [-0.2, 0) is 16.0 Å². The van der Waals surface area contributed by atoms with Crippen molar-refractivity contribution in [1.29, 1.82) is 0 Å². The first kappa shape index (κ1) is 13.3. The largest absolute Gasteiger partial charge is 0.480 e. The summed E-state index contributed by atoms with van der Waals surface area (Å²) in [6.07, 6.45) is 2.08. The predicted molar refractivity (Wildman–Crippen MR) is 75.2 cm³/mol. The van der Waals surface area contributed by atoms with Crippen molar-refractivity contribution < 1.29 is 14.7 Å². The van der Waals surface area contributed by atoms with Gasteiger partial charge in [-0.15, -0.1) is 0 Å². The Bertz CT molecular complexity index is 471. The Labute approximate surface area is 119 Å². The van der Waals surface area contributed by atoms with E-state index >= 15 is 0 Å². The Balaban J connectivity index is 2.01. The van der Waals surface area contributed by atoms with Gasteiger partial charge in [0.25, 0.3) is 0 Å². The van der Waals surface area contributed by atoms with E-state index in [0.29, 0.717) is 6.42 Å². The van der Waals surface area contributed by atoms with E-state index in [9.17, 15) is 9.59 Å². The minimum atomic E-state index is -0.983. The van der Waals surface area contributed by atoms with Crippen LogP contribution in [0.1, 0.15) is 18.4 Å². The van der Waals surface area contributed by atoms with Crippen LogP contribution in [0.3, 0.4) is 0 Å². The molecular weight excluding hydrogens is 345 g/mol. The quantitative estimate of drug-likeness (QED) is 0.789. The molecule has 0 radical (unpaired) electrons. The molecule has 0 saturated heterocycles. The molecule has 5 heteroatoms. The van der Waals surface area contributed by atoms with Gasteiger partial charge in [0.1, 0.15) is 6.04 Å². The first-order valence-electron chi connectivity index (χ1n) is 5.84. The fourth-order valence-electron chi connectivity index (χ4n) is 1.73. The Morgan fingerprint density at radius 2 is 2.17 bits per heavy atom. The van der Waals surface area contributed by atoms with E-state index in [0.717, 1.165) is 22.0 Å². The van der Waals surface area contributed by atoms with E-state index in [1.165, 1.54) is 0 Å². The van der Waals surface area contributed by atoms with Crippen molar-refractivity contribution in [2.45, 2.75) is 25.3 Å². The Morgan fingerprint density at radius 3 is 2.72 bits per heavy atom. The zero-order valence-electron chi connectivity index (χ0n) is 9.73. The summed E-state index contributed by atoms with van der Waals surface area (Å²) >= 11 is 2.18. The van der Waals surface area contributed by atoms with Crippen LogP contribution in [0.5, 0.6) is 0 Å². The molecular formula is C13H14INO3. The molecule has 1 atom stereocenters. The fourth-order valence-corrected chi connectivity index (χ4v) is 2.34. The van der Waals surface area contributed by atoms with E-state index in [1.807, 2.05) is 24.3 Å². The van der Waals surface area contributed by atoms with Gasteiger partial charge in [0.15, 0.2) is 0 Å². The molecule has 96 valence electrons. The minimum Gasteiger partial charge on any atom is -0.480 e. The summed E-state index contributed by atoms with van der Waals surface area (Å²) in [6, 6.07) is 6.80. The van der Waals surface area contributed by atoms with Crippen LogP contribution < -0.4 is 5.32 Å². The standard InChI is InChI=1S/C13H14INO3/c14-10-3-1-2-8(6-10)7-11(13(17)18)15-12(16)9-4-5-9/h1-3,6,9,11H,4-5,7H2,(H,15,16)(H,17,18). The van der Waals surface area contributed by atoms with Gasteiger partial charge >= 0.3 is 5.97 Å². The fraction of sp³-hybridized carbons (Fsp3) is 0.385. The van der Waals surface area contributed by atoms with Crippen LogP contribution in [0.2, 0.25) is 0 Å². The molecule has 4 nitrogen and oxygen atoms in total. The molecule has 0 spiro atoms. The molecule has 0 aromatic heterocycles. The highest BCUT2D eigenvalue weighted by Crippen LogP contribution is 2.29. The maximum absolute atomic E-state index is 11.6. The third-order valence-corrected chi connectivity index (χ3v) is 3.56. The molecule has 2 rings (SSSR count). The second-order valence-electron chi connectivity index (χ2n) is 4.51. The zero-order chi connectivity index (χ0) is 13.1. The smallest absolute Gasteiger partial charge is 0.326 e. The van der Waals surface area contributed by atoms with Crippen LogP contribution in [0.15, 0.2) is 24.3 Å². The molecule has 1 saturated carbocycles. The van der Waals surface area contributed by atoms with Crippen molar-refractivity contribution in [2.24, 2.45) is 5.92 Å². The van der Waals surface area contributed by atoms with E-state index in [4.69, 9.17) is 5.11 Å². The number of benzene rings is 1. The van der Waals surface area contributed by atoms with Gasteiger partial charge < -0.3 is 10.4 Å². The van der Waals surface area contributed by atoms with Crippen LogP contribution in [0, 0.1) is 9.49 Å². The number of carboxylic acids is 1. The highest BCUT2D eigenvalue weighted by molar-refractivity contribution is 14.1. The molecule has 18 heavy (non-hydrogen) atoms. The summed E-state index contributed by atoms with van der Waals surface area (Å²) < 4.78 is 1.06. The van der Waals surface area contributed by atoms with Crippen LogP contribution >= 0.6 is 22.6 Å². The summed E-state index contributed by atoms with van der Waals surface area (Å²) in [5.41, 5.74) is 0.922. The summed E-state index contributed by atoms with van der Waals surface area (Å²) in [4.78, 5) is 22.8. The number of carbonyl (C=O) groups is 2. The normalized spacial score (nSPS) is 16.1. The third-order valence-electron chi connectivity index (χ3n) is 2.89. The first-order valence-corrected chi connectivity index (χ1v) is 6.92. The van der Waals surface area contributed by atoms with Crippen molar-refractivity contribution in [3.05, 3.63) is 33.4 Å². The molecule has 1 aliphatic rings. The van der Waals surface area contributed by atoms with Crippen molar-refractivity contribution >= 4 is 34.5 Å². The monoisotopic (exact) mass is 359 g/mol. The average Bonchev–Trinajstić information content (AvgIpc) is 3.11. The van der Waals surface area contributed by atoms with E-state index < -0.39 is 12.0 Å². The lowest BCUT2D eigenvalue weighted by Gasteiger charge is -2.14. The Kier molecular flexibility index (Phi) is 4.21. The zero-order valence-corrected chi connectivity index (χ0v) is 11.9. The third kappa shape index (κ3) is 3.69. The predicted octanol–water partition coefficient (Wildman–Crippen LogP) is 1.81. The Hall–Kier alpha value is -1.11. The second-order valence-corrected chi connectivity index (χ2v) is 5.75. The first-order chi connectivity index (χ1) is 8.56. The lowest BCUT2D eigenvalue weighted by Crippen LogP contribution is -2.43. The van der Waals surface area contributed by atoms with E-state index in [2.05, 4.69) is 27.9 Å². The number of nitrogens with one attached hydrogen (secondary N) is 1. The van der Waals surface area contributed by atoms with Crippen LogP contribution in [0.25, 0.3) is 0 Å². The maximum atomic E-state index is 11.6. The number of hydrogen-bond acceptors (Lipinski definition) is 2. The van der Waals surface area contributed by atoms with Gasteiger partial charge in [0.2, 0.25) is 5.91 Å². The molecule has 0 bridgehead atoms. The molecule has 0 heterocycles. The van der Waals surface area contributed by atoms with Crippen molar-refractivity contribution in [1.82, 2.24) is 5.32 Å². The SMILES string of the molecule is O=C(NC(Cc1cccc(I)c1)C(=O)O)C1CC1. The van der Waals surface area contributed by atoms with Crippen LogP contribution in [-0.4, -0.2) is 23.0 Å². The number of carbonyl (C=O) groups excluding carboxylic acids is 1. The maximum Gasteiger partial charge on any atom is 0.326 e. The summed E-state index contributed by atoms with van der Waals surface area (Å²) in [7, 11) is 0. The van der Waals surface area contributed by atoms with Crippen LogP contribution in [0.4, 0.5) is 0 Å². The second kappa shape index (κ2) is 5.69. The molecule has 1 aromatic rings. The summed E-state index contributed by atoms with van der Waals surface area (Å²) in [5.74, 6) is -1.08. The lowest BCUT2D eigenvalue weighted by atomic mass is 10.1. The van der Waals surface area contributed by atoms with Gasteiger partial charge in [-0.3, -0.25) is 4.79 Å². The molecule has 1 aliphatic carbocycles. The van der Waals surface area contributed by atoms with Gasteiger partial charge in [-0.25, -0.2) is 4.79 Å². The molecule has 1 amide bonds. The van der Waals surface area contributed by atoms with Crippen molar-refractivity contribution in [3.63, 3.8) is 0 Å². The van der Waals surface area contributed by atoms with E-state index in [-0.39, 0.29) is 11.8 Å². The highest BCUT2D eigenvalue weighted by Gasteiger charge is 2.32. The molecule has 0 aliphatic heterocycles. The molecule has 2 N–H and O–H groups in total. The van der Waals surface area contributed by atoms with Crippen molar-refractivity contribution in [3.8, 4) is 0 Å². The van der Waals surface area contributed by atoms with Crippen molar-refractivity contribution in [2.75, 3.05) is 0 Å². The van der Waals surface area contributed by atoms with Gasteiger partial charge in [-0.1, -0.05) is 12.1 Å². The minimum absolute atomic E-state index is 0.0303. The lowest BCUT2D eigenvalue weighted by molar-refractivity contribution is -0.142. The number of hydrogen-bond donors (Lipinski definition) is 2. The van der Waals surface area contributed by atoms with Gasteiger partial charge in [0.05, 0.1) is 0 Å². The molecule has 1 aromatic carbocycles. The van der Waals surface area contributed by atoms with Gasteiger partial charge in [-0.05, 0) is 53.1 Å². The number of rotatable bonds is 5. The number of carboxylic acid groups (broad SMARTS) is 1. The number of aliphatic carboxylic acids is 1. The highest BCUT2D eigenvalue weighted by atomic mass is 127. The van der Waals surface area contributed by atoms with Gasteiger partial charge in [0, 0.05) is 15.9 Å². The Morgan fingerprint density at radius 1 is 1.44 bits per heavy atom. The van der Waals surface area contributed by atoms with E-state index in [1.54, 1.807) is 0 Å². The topological polar surface area (TPSA) is 66.4 Å². The summed E-state index contributed by atoms with van der Waals surface area (Å²) in [6.45, 7) is 0. The summed E-state index contributed by atoms with van der Waals surface area (Å²) in [5, 5.41) is 11.7. The number of halogens is 1. The molecule has 1 unspecified atom stereocenters. The molecule has 1 fully saturated rings. The average molecular weight is 359 g/mol.